The first-order valence-electron chi connectivity index (χ1n) is 7.97. The molecule has 0 saturated carbocycles. The molecular weight excluding hydrogens is 382 g/mol. The van der Waals surface area contributed by atoms with Crippen molar-refractivity contribution < 1.29 is 26.9 Å². The van der Waals surface area contributed by atoms with Gasteiger partial charge in [0.05, 0.1) is 22.1 Å². The van der Waals surface area contributed by atoms with E-state index in [-0.39, 0.29) is 23.7 Å². The zero-order valence-electron chi connectivity index (χ0n) is 14.3. The number of nitro benzene ring substituents is 1. The Morgan fingerprint density at radius 1 is 1.19 bits per heavy atom. The summed E-state index contributed by atoms with van der Waals surface area (Å²) in [6.45, 7) is 0.760. The van der Waals surface area contributed by atoms with Crippen LogP contribution in [0.15, 0.2) is 41.3 Å². The number of rotatable bonds is 4. The van der Waals surface area contributed by atoms with Gasteiger partial charge in [-0.1, -0.05) is 6.07 Å². The molecule has 1 atom stereocenters. The van der Waals surface area contributed by atoms with E-state index < -0.39 is 32.5 Å². The molecule has 27 heavy (non-hydrogen) atoms. The first-order chi connectivity index (χ1) is 12.7. The number of benzene rings is 2. The highest BCUT2D eigenvalue weighted by molar-refractivity contribution is 7.90. The first-order valence-corrected chi connectivity index (χ1v) is 9.86. The molecule has 0 aromatic heterocycles. The zero-order valence-corrected chi connectivity index (χ0v) is 15.1. The molecule has 1 aliphatic heterocycles. The number of anilines is 1. The zero-order chi connectivity index (χ0) is 19.8. The molecule has 1 heterocycles. The number of morpholine rings is 1. The number of nitro groups is 1. The monoisotopic (exact) mass is 398 g/mol. The van der Waals surface area contributed by atoms with Gasteiger partial charge in [0, 0.05) is 31.5 Å². The van der Waals surface area contributed by atoms with E-state index in [2.05, 4.69) is 0 Å². The van der Waals surface area contributed by atoms with Crippen molar-refractivity contribution in [2.45, 2.75) is 11.0 Å². The van der Waals surface area contributed by atoms with Crippen LogP contribution in [0.25, 0.3) is 0 Å². The standard InChI is InChI=1S/C17H16F2N2O5S/c1-27(24,25)17-9-12(21(22)23)3-5-15(17)20-6-7-26-16(10-20)11-2-4-13(18)14(19)8-11/h2-5,8-9,16H,6-7,10H2,1H3. The molecule has 144 valence electrons. The Labute approximate surface area is 154 Å². The lowest BCUT2D eigenvalue weighted by atomic mass is 10.1. The van der Waals surface area contributed by atoms with Gasteiger partial charge in [-0.2, -0.15) is 0 Å². The van der Waals surface area contributed by atoms with Gasteiger partial charge in [-0.15, -0.1) is 0 Å². The molecule has 10 heteroatoms. The van der Waals surface area contributed by atoms with Crippen LogP contribution < -0.4 is 4.90 Å². The molecule has 1 unspecified atom stereocenters. The van der Waals surface area contributed by atoms with Crippen molar-refractivity contribution in [1.82, 2.24) is 0 Å². The van der Waals surface area contributed by atoms with E-state index in [9.17, 15) is 27.3 Å². The predicted molar refractivity (Wildman–Crippen MR) is 93.5 cm³/mol. The Morgan fingerprint density at radius 3 is 2.56 bits per heavy atom. The Bertz CT molecular complexity index is 997. The molecule has 2 aromatic carbocycles. The van der Waals surface area contributed by atoms with Crippen LogP contribution in [-0.4, -0.2) is 39.3 Å². The molecule has 0 amide bonds. The highest BCUT2D eigenvalue weighted by atomic mass is 32.2. The lowest BCUT2D eigenvalue weighted by Crippen LogP contribution is -2.39. The summed E-state index contributed by atoms with van der Waals surface area (Å²) < 4.78 is 56.5. The summed E-state index contributed by atoms with van der Waals surface area (Å²) in [6, 6.07) is 7.07. The predicted octanol–water partition coefficient (Wildman–Crippen LogP) is 2.85. The van der Waals surface area contributed by atoms with E-state index in [0.717, 1.165) is 24.5 Å². The van der Waals surface area contributed by atoms with Gasteiger partial charge in [0.2, 0.25) is 0 Å². The van der Waals surface area contributed by atoms with E-state index in [0.29, 0.717) is 17.8 Å². The van der Waals surface area contributed by atoms with Crippen LogP contribution in [-0.2, 0) is 14.6 Å². The normalized spacial score (nSPS) is 17.7. The maximum atomic E-state index is 13.5. The van der Waals surface area contributed by atoms with E-state index in [1.165, 1.54) is 18.2 Å². The lowest BCUT2D eigenvalue weighted by molar-refractivity contribution is -0.385. The van der Waals surface area contributed by atoms with E-state index in [1.807, 2.05) is 0 Å². The summed E-state index contributed by atoms with van der Waals surface area (Å²) in [5.74, 6) is -1.97. The Kier molecular flexibility index (Phi) is 5.11. The van der Waals surface area contributed by atoms with E-state index in [4.69, 9.17) is 4.74 Å². The highest BCUT2D eigenvalue weighted by Crippen LogP contribution is 2.33. The second-order valence-corrected chi connectivity index (χ2v) is 8.14. The number of hydrogen-bond donors (Lipinski definition) is 0. The SMILES string of the molecule is CS(=O)(=O)c1cc([N+](=O)[O-])ccc1N1CCOC(c2ccc(F)c(F)c2)C1. The van der Waals surface area contributed by atoms with E-state index >= 15 is 0 Å². The topological polar surface area (TPSA) is 89.8 Å². The fraction of sp³-hybridized carbons (Fsp3) is 0.294. The van der Waals surface area contributed by atoms with Crippen LogP contribution in [0.4, 0.5) is 20.2 Å². The molecule has 0 aliphatic carbocycles. The van der Waals surface area contributed by atoms with Gasteiger partial charge in [-0.3, -0.25) is 10.1 Å². The van der Waals surface area contributed by atoms with Crippen LogP contribution in [0.3, 0.4) is 0 Å². The molecule has 7 nitrogen and oxygen atoms in total. The van der Waals surface area contributed by atoms with Crippen LogP contribution in [0.1, 0.15) is 11.7 Å². The van der Waals surface area contributed by atoms with Gasteiger partial charge in [-0.25, -0.2) is 17.2 Å². The van der Waals surface area contributed by atoms with Gasteiger partial charge in [0.15, 0.2) is 21.5 Å². The average molecular weight is 398 g/mol. The number of sulfone groups is 1. The minimum atomic E-state index is -3.73. The van der Waals surface area contributed by atoms with Gasteiger partial charge in [-0.05, 0) is 23.8 Å². The van der Waals surface area contributed by atoms with Crippen molar-refractivity contribution in [3.05, 3.63) is 63.7 Å². The summed E-state index contributed by atoms with van der Waals surface area (Å²) in [5.41, 5.74) is 0.394. The first kappa shape index (κ1) is 19.2. The Hall–Kier alpha value is -2.59. The number of nitrogens with zero attached hydrogens (tertiary/aromatic N) is 2. The van der Waals surface area contributed by atoms with Crippen molar-refractivity contribution in [2.75, 3.05) is 30.9 Å². The summed E-state index contributed by atoms with van der Waals surface area (Å²) in [7, 11) is -3.73. The number of halogens is 2. The van der Waals surface area contributed by atoms with Gasteiger partial charge in [0.1, 0.15) is 6.10 Å². The van der Waals surface area contributed by atoms with Crippen molar-refractivity contribution in [3.8, 4) is 0 Å². The minimum Gasteiger partial charge on any atom is -0.370 e. The van der Waals surface area contributed by atoms with Crippen molar-refractivity contribution in [2.24, 2.45) is 0 Å². The molecule has 2 aromatic rings. The van der Waals surface area contributed by atoms with Crippen molar-refractivity contribution in [3.63, 3.8) is 0 Å². The molecule has 1 aliphatic rings. The summed E-state index contributed by atoms with van der Waals surface area (Å²) in [5, 5.41) is 11.0. The molecular formula is C17H16F2N2O5S. The Morgan fingerprint density at radius 2 is 1.93 bits per heavy atom. The number of hydrogen-bond acceptors (Lipinski definition) is 6. The number of non-ortho nitro benzene ring substituents is 1. The summed E-state index contributed by atoms with van der Waals surface area (Å²) in [6.07, 6.45) is 0.375. The van der Waals surface area contributed by atoms with Crippen LogP contribution >= 0.6 is 0 Å². The maximum absolute atomic E-state index is 13.5. The lowest BCUT2D eigenvalue weighted by Gasteiger charge is -2.35. The van der Waals surface area contributed by atoms with Crippen molar-refractivity contribution in [1.29, 1.82) is 0 Å². The summed E-state index contributed by atoms with van der Waals surface area (Å²) >= 11 is 0. The third kappa shape index (κ3) is 4.06. The molecule has 1 fully saturated rings. The third-order valence-electron chi connectivity index (χ3n) is 4.28. The molecule has 0 N–H and O–H groups in total. The molecule has 0 bridgehead atoms. The molecule has 0 spiro atoms. The van der Waals surface area contributed by atoms with Crippen molar-refractivity contribution >= 4 is 21.2 Å². The van der Waals surface area contributed by atoms with Gasteiger partial charge < -0.3 is 9.64 Å². The maximum Gasteiger partial charge on any atom is 0.270 e. The van der Waals surface area contributed by atoms with Gasteiger partial charge in [0.25, 0.3) is 5.69 Å². The largest absolute Gasteiger partial charge is 0.370 e. The fourth-order valence-electron chi connectivity index (χ4n) is 2.96. The van der Waals surface area contributed by atoms with Crippen LogP contribution in [0.5, 0.6) is 0 Å². The van der Waals surface area contributed by atoms with Crippen LogP contribution in [0.2, 0.25) is 0 Å². The molecule has 0 radical (unpaired) electrons. The second-order valence-electron chi connectivity index (χ2n) is 6.16. The van der Waals surface area contributed by atoms with Gasteiger partial charge >= 0.3 is 0 Å². The minimum absolute atomic E-state index is 0.164. The average Bonchev–Trinajstić information content (AvgIpc) is 2.63. The second kappa shape index (κ2) is 7.20. The smallest absolute Gasteiger partial charge is 0.270 e. The fourth-order valence-corrected chi connectivity index (χ4v) is 3.87. The molecule has 3 rings (SSSR count). The summed E-state index contributed by atoms with van der Waals surface area (Å²) in [4.78, 5) is 11.9. The van der Waals surface area contributed by atoms with E-state index in [1.54, 1.807) is 4.90 Å². The number of ether oxygens (including phenoxy) is 1. The quantitative estimate of drug-likeness (QED) is 0.581. The third-order valence-corrected chi connectivity index (χ3v) is 5.40. The Balaban J connectivity index is 1.96. The van der Waals surface area contributed by atoms with Crippen LogP contribution in [0, 0.1) is 21.7 Å². The molecule has 1 saturated heterocycles. The highest BCUT2D eigenvalue weighted by Gasteiger charge is 2.28.